The fourth-order valence-electron chi connectivity index (χ4n) is 1.59. The maximum Gasteiger partial charge on any atom is 0.245 e. The van der Waals surface area contributed by atoms with Crippen LogP contribution in [0.2, 0.25) is 0 Å². The van der Waals surface area contributed by atoms with Crippen molar-refractivity contribution in [3.63, 3.8) is 0 Å². The van der Waals surface area contributed by atoms with Gasteiger partial charge in [0, 0.05) is 11.8 Å². The molecule has 1 heterocycles. The van der Waals surface area contributed by atoms with Gasteiger partial charge in [-0.2, -0.15) is 5.10 Å². The topological polar surface area (TPSA) is 83.8 Å². The van der Waals surface area contributed by atoms with Gasteiger partial charge in [-0.05, 0) is 19.3 Å². The molecule has 5 heteroatoms. The van der Waals surface area contributed by atoms with E-state index in [9.17, 15) is 4.79 Å². The number of anilines is 1. The highest BCUT2D eigenvalue weighted by Gasteiger charge is 2.27. The van der Waals surface area contributed by atoms with Crippen LogP contribution in [0.5, 0.6) is 0 Å². The van der Waals surface area contributed by atoms with Crippen LogP contribution in [0, 0.1) is 0 Å². The first kappa shape index (κ1) is 13.7. The normalized spacial score (nSPS) is 14.7. The molecule has 1 amide bonds. The molecule has 0 aliphatic heterocycles. The standard InChI is InChI=1S/C12H22N4O/c1-5-6-12(4,13)11(17)14-10-7-9(8(2)3)15-16-10/h7-8H,5-6,13H2,1-4H3,(H2,14,15,16,17). The maximum atomic E-state index is 11.9. The number of aromatic nitrogens is 2. The van der Waals surface area contributed by atoms with Crippen molar-refractivity contribution in [1.82, 2.24) is 10.2 Å². The van der Waals surface area contributed by atoms with E-state index in [1.807, 2.05) is 13.0 Å². The van der Waals surface area contributed by atoms with E-state index in [4.69, 9.17) is 5.73 Å². The van der Waals surface area contributed by atoms with E-state index >= 15 is 0 Å². The molecule has 1 unspecified atom stereocenters. The first-order chi connectivity index (χ1) is 7.86. The molecule has 0 radical (unpaired) electrons. The fraction of sp³-hybridized carbons (Fsp3) is 0.667. The fourth-order valence-corrected chi connectivity index (χ4v) is 1.59. The van der Waals surface area contributed by atoms with E-state index < -0.39 is 5.54 Å². The Morgan fingerprint density at radius 3 is 2.76 bits per heavy atom. The van der Waals surface area contributed by atoms with Gasteiger partial charge in [-0.15, -0.1) is 0 Å². The Balaban J connectivity index is 2.67. The summed E-state index contributed by atoms with van der Waals surface area (Å²) in [6.07, 6.45) is 1.53. The van der Waals surface area contributed by atoms with Crippen LogP contribution in [0.25, 0.3) is 0 Å². The molecule has 0 aliphatic carbocycles. The van der Waals surface area contributed by atoms with Gasteiger partial charge in [-0.1, -0.05) is 27.2 Å². The summed E-state index contributed by atoms with van der Waals surface area (Å²) in [7, 11) is 0. The largest absolute Gasteiger partial charge is 0.318 e. The van der Waals surface area contributed by atoms with E-state index in [2.05, 4.69) is 29.4 Å². The molecule has 0 aliphatic rings. The predicted molar refractivity (Wildman–Crippen MR) is 68.8 cm³/mol. The maximum absolute atomic E-state index is 11.9. The Morgan fingerprint density at radius 2 is 2.29 bits per heavy atom. The van der Waals surface area contributed by atoms with Gasteiger partial charge in [-0.3, -0.25) is 9.89 Å². The second kappa shape index (κ2) is 5.31. The number of nitrogens with two attached hydrogens (primary N) is 1. The minimum Gasteiger partial charge on any atom is -0.318 e. The molecule has 1 aromatic heterocycles. The number of nitrogens with zero attached hydrogens (tertiary/aromatic N) is 1. The van der Waals surface area contributed by atoms with Crippen molar-refractivity contribution in [3.8, 4) is 0 Å². The summed E-state index contributed by atoms with van der Waals surface area (Å²) in [4.78, 5) is 11.9. The summed E-state index contributed by atoms with van der Waals surface area (Å²) >= 11 is 0. The molecule has 96 valence electrons. The van der Waals surface area contributed by atoms with E-state index in [0.717, 1.165) is 12.1 Å². The summed E-state index contributed by atoms with van der Waals surface area (Å²) < 4.78 is 0. The second-order valence-electron chi connectivity index (χ2n) is 4.98. The molecular weight excluding hydrogens is 216 g/mol. The van der Waals surface area contributed by atoms with Crippen molar-refractivity contribution < 1.29 is 4.79 Å². The molecule has 0 saturated heterocycles. The first-order valence-corrected chi connectivity index (χ1v) is 6.02. The number of carbonyl (C=O) groups excluding carboxylic acids is 1. The van der Waals surface area contributed by atoms with Crippen LogP contribution in [0.15, 0.2) is 6.07 Å². The summed E-state index contributed by atoms with van der Waals surface area (Å²) in [6.45, 7) is 7.86. The lowest BCUT2D eigenvalue weighted by atomic mass is 9.96. The third-order valence-corrected chi connectivity index (χ3v) is 2.75. The zero-order valence-corrected chi connectivity index (χ0v) is 11.0. The van der Waals surface area contributed by atoms with Crippen LogP contribution in [0.1, 0.15) is 52.1 Å². The zero-order valence-electron chi connectivity index (χ0n) is 11.0. The van der Waals surface area contributed by atoms with Crippen LogP contribution < -0.4 is 11.1 Å². The lowest BCUT2D eigenvalue weighted by Gasteiger charge is -2.21. The van der Waals surface area contributed by atoms with Crippen LogP contribution in [-0.4, -0.2) is 21.6 Å². The Labute approximate surface area is 102 Å². The van der Waals surface area contributed by atoms with Gasteiger partial charge in [-0.25, -0.2) is 0 Å². The number of hydrogen-bond acceptors (Lipinski definition) is 3. The molecule has 1 atom stereocenters. The third kappa shape index (κ3) is 3.56. The molecule has 5 nitrogen and oxygen atoms in total. The number of amides is 1. The number of nitrogens with one attached hydrogen (secondary N) is 2. The van der Waals surface area contributed by atoms with E-state index in [1.165, 1.54) is 0 Å². The Hall–Kier alpha value is -1.36. The highest BCUT2D eigenvalue weighted by Crippen LogP contribution is 2.16. The Kier molecular flexibility index (Phi) is 4.28. The van der Waals surface area contributed by atoms with Gasteiger partial charge in [0.2, 0.25) is 5.91 Å². The van der Waals surface area contributed by atoms with Gasteiger partial charge in [0.15, 0.2) is 5.82 Å². The van der Waals surface area contributed by atoms with Gasteiger partial charge >= 0.3 is 0 Å². The summed E-state index contributed by atoms with van der Waals surface area (Å²) in [5.41, 5.74) is 6.09. The van der Waals surface area contributed by atoms with Gasteiger partial charge in [0.1, 0.15) is 0 Å². The van der Waals surface area contributed by atoms with E-state index in [0.29, 0.717) is 18.2 Å². The minimum absolute atomic E-state index is 0.193. The SMILES string of the molecule is CCCC(C)(N)C(=O)Nc1cc(C(C)C)[nH]n1. The molecule has 0 saturated carbocycles. The molecule has 17 heavy (non-hydrogen) atoms. The van der Waals surface area contributed by atoms with Crippen molar-refractivity contribution in [2.75, 3.05) is 5.32 Å². The summed E-state index contributed by atoms with van der Waals surface area (Å²) in [6, 6.07) is 1.84. The zero-order chi connectivity index (χ0) is 13.1. The van der Waals surface area contributed by atoms with Crippen molar-refractivity contribution in [3.05, 3.63) is 11.8 Å². The predicted octanol–water partition coefficient (Wildman–Crippen LogP) is 1.99. The van der Waals surface area contributed by atoms with Crippen molar-refractivity contribution in [2.24, 2.45) is 5.73 Å². The highest BCUT2D eigenvalue weighted by atomic mass is 16.2. The molecular formula is C12H22N4O. The average molecular weight is 238 g/mol. The molecule has 0 spiro atoms. The van der Waals surface area contributed by atoms with Crippen LogP contribution in [0.3, 0.4) is 0 Å². The molecule has 0 bridgehead atoms. The first-order valence-electron chi connectivity index (χ1n) is 6.02. The van der Waals surface area contributed by atoms with Crippen molar-refractivity contribution in [1.29, 1.82) is 0 Å². The van der Waals surface area contributed by atoms with E-state index in [1.54, 1.807) is 6.92 Å². The minimum atomic E-state index is -0.842. The molecule has 0 aromatic carbocycles. The van der Waals surface area contributed by atoms with Crippen LogP contribution in [-0.2, 0) is 4.79 Å². The van der Waals surface area contributed by atoms with Crippen LogP contribution in [0.4, 0.5) is 5.82 Å². The molecule has 1 aromatic rings. The number of rotatable bonds is 5. The van der Waals surface area contributed by atoms with Crippen molar-refractivity contribution in [2.45, 2.75) is 52.0 Å². The van der Waals surface area contributed by atoms with Crippen LogP contribution >= 0.6 is 0 Å². The number of hydrogen-bond donors (Lipinski definition) is 3. The Morgan fingerprint density at radius 1 is 1.65 bits per heavy atom. The van der Waals surface area contributed by atoms with Gasteiger partial charge in [0.05, 0.1) is 5.54 Å². The highest BCUT2D eigenvalue weighted by molar-refractivity contribution is 5.96. The van der Waals surface area contributed by atoms with Gasteiger partial charge in [0.25, 0.3) is 0 Å². The average Bonchev–Trinajstić information content (AvgIpc) is 2.66. The number of aromatic amines is 1. The molecule has 4 N–H and O–H groups in total. The number of H-pyrrole nitrogens is 1. The Bertz CT molecular complexity index is 382. The smallest absolute Gasteiger partial charge is 0.245 e. The monoisotopic (exact) mass is 238 g/mol. The summed E-state index contributed by atoms with van der Waals surface area (Å²) in [5, 5.41) is 9.66. The second-order valence-corrected chi connectivity index (χ2v) is 4.98. The van der Waals surface area contributed by atoms with E-state index in [-0.39, 0.29) is 5.91 Å². The van der Waals surface area contributed by atoms with Gasteiger partial charge < -0.3 is 11.1 Å². The quantitative estimate of drug-likeness (QED) is 0.733. The lowest BCUT2D eigenvalue weighted by molar-refractivity contribution is -0.120. The third-order valence-electron chi connectivity index (χ3n) is 2.75. The summed E-state index contributed by atoms with van der Waals surface area (Å²) in [5.74, 6) is 0.695. The van der Waals surface area contributed by atoms with Crippen molar-refractivity contribution >= 4 is 11.7 Å². The molecule has 0 fully saturated rings. The number of carbonyl (C=O) groups is 1. The molecule has 1 rings (SSSR count). The lowest BCUT2D eigenvalue weighted by Crippen LogP contribution is -2.48.